The van der Waals surface area contributed by atoms with Crippen LogP contribution >= 0.6 is 0 Å². The zero-order valence-electron chi connectivity index (χ0n) is 43.7. The summed E-state index contributed by atoms with van der Waals surface area (Å²) in [5, 5.41) is 101. The van der Waals surface area contributed by atoms with E-state index in [2.05, 4.69) is 30.8 Å². The zero-order valence-corrected chi connectivity index (χ0v) is 46.5. The van der Waals surface area contributed by atoms with Crippen LogP contribution in [0.5, 0.6) is 11.5 Å². The van der Waals surface area contributed by atoms with Gasteiger partial charge in [0.1, 0.15) is 55.1 Å². The Labute approximate surface area is 484 Å². The van der Waals surface area contributed by atoms with E-state index in [1.807, 2.05) is 36.4 Å². The van der Waals surface area contributed by atoms with Gasteiger partial charge in [0.25, 0.3) is 10.4 Å². The SMILES string of the molecule is C[C@@H](O)C1NC(=O)[C@@H](NC(=O)OCC2c3ccccc3-c3ccccc32)C[C@H](O)CNC(=O)C2[C@@H](O)[C@@H](C)CN2C(=O)C([C@H](O)CC(N)=O)NC(=O)C([C@H](O)[C@@H](O)c2ccc(O)c(OS(=O)(=O)[O-])c2)NC(=O)C2C[C@@H](O)CN2C1=O.[Na+]. The van der Waals surface area contributed by atoms with E-state index in [9.17, 15) is 92.2 Å². The number of carbonyl (C=O) groups is 8. The van der Waals surface area contributed by atoms with Gasteiger partial charge in [-0.2, -0.15) is 0 Å². The molecule has 31 heteroatoms. The Bertz CT molecular complexity index is 2950. The van der Waals surface area contributed by atoms with Gasteiger partial charge in [-0.1, -0.05) is 61.5 Å². The van der Waals surface area contributed by atoms with Crippen molar-refractivity contribution in [2.45, 2.75) is 118 Å². The standard InChI is InChI=1S/C50H62N8O21S.Na/c1-21-18-58-40(41(21)65)47(71)52-17-24(60)14-31(53-50(74)78-20-30-28-9-5-3-7-26(28)27-8-4-6-10-29(27)30)44(68)54-37(22(2)59)48(72)57-19-25(61)15-32(57)45(69)56-39(46(70)55-38(49(58)73)34(63)16-36(51)64)43(67)42(66)23-11-12-33(62)35(13-23)79-80(75,76)77;/h3-13,21-22,24-25,30-32,34,37-43,59-63,65-67H,14-20H2,1-2H3,(H2,51,64)(H,52,71)(H,53,74)(H,54,68)(H,55,70)(H,56,69)(H,75,76,77);/q;+1/p-1/t21-,22+,24-,25+,31-,32?,34+,37?,38?,39?,40?,41-,42-,43-;/m0./s1. The summed E-state index contributed by atoms with van der Waals surface area (Å²) in [4.78, 5) is 114. The molecule has 3 fully saturated rings. The molecule has 8 amide bonds. The van der Waals surface area contributed by atoms with Crippen molar-refractivity contribution in [2.24, 2.45) is 11.7 Å². The van der Waals surface area contributed by atoms with Crippen LogP contribution in [-0.4, -0.2) is 210 Å². The maximum absolute atomic E-state index is 14.6. The fourth-order valence-electron chi connectivity index (χ4n) is 10.3. The number of amides is 8. The average molecular weight is 1170 g/mol. The predicted molar refractivity (Wildman–Crippen MR) is 269 cm³/mol. The van der Waals surface area contributed by atoms with E-state index in [1.54, 1.807) is 12.1 Å². The number of phenols is 1. The Hall–Kier alpha value is -6.55. The van der Waals surface area contributed by atoms with Gasteiger partial charge in [0, 0.05) is 44.3 Å². The first kappa shape index (κ1) is 63.6. The number of hydrogen-bond acceptors (Lipinski definition) is 21. The van der Waals surface area contributed by atoms with Gasteiger partial charge in [-0.15, -0.1) is 0 Å². The maximum atomic E-state index is 14.6. The van der Waals surface area contributed by atoms with Gasteiger partial charge in [0.15, 0.2) is 11.5 Å². The van der Waals surface area contributed by atoms with Gasteiger partial charge in [-0.3, -0.25) is 33.6 Å². The fourth-order valence-corrected chi connectivity index (χ4v) is 10.6. The molecule has 434 valence electrons. The third kappa shape index (κ3) is 14.7. The van der Waals surface area contributed by atoms with E-state index in [0.717, 1.165) is 35.2 Å². The summed E-state index contributed by atoms with van der Waals surface area (Å²) < 4.78 is 44.1. The minimum absolute atomic E-state index is 0. The van der Waals surface area contributed by atoms with Gasteiger partial charge >= 0.3 is 35.7 Å². The minimum Gasteiger partial charge on any atom is -0.716 e. The number of aliphatic hydroxyl groups is 7. The number of alkyl carbamates (subject to hydrolysis) is 1. The normalized spacial score (nSPS) is 27.4. The molecule has 7 rings (SSSR count). The second-order valence-electron chi connectivity index (χ2n) is 20.0. The van der Waals surface area contributed by atoms with Crippen molar-refractivity contribution in [1.82, 2.24) is 36.4 Å². The average Bonchev–Trinajstić information content (AvgIpc) is 4.05. The Morgan fingerprint density at radius 3 is 1.99 bits per heavy atom. The van der Waals surface area contributed by atoms with Gasteiger partial charge in [0.05, 0.1) is 36.9 Å². The molecule has 3 aliphatic heterocycles. The van der Waals surface area contributed by atoms with Crippen LogP contribution in [-0.2, 0) is 48.7 Å². The van der Waals surface area contributed by atoms with E-state index in [0.29, 0.717) is 21.9 Å². The summed E-state index contributed by atoms with van der Waals surface area (Å²) in [6, 6.07) is 4.35. The van der Waals surface area contributed by atoms with Gasteiger partial charge in [-0.05, 0) is 46.9 Å². The summed E-state index contributed by atoms with van der Waals surface area (Å²) in [5.41, 5.74) is 8.22. The largest absolute Gasteiger partial charge is 1.00 e. The molecular formula is C50H61N8NaO21S. The van der Waals surface area contributed by atoms with Crippen LogP contribution in [0.15, 0.2) is 66.7 Å². The first-order valence-corrected chi connectivity index (χ1v) is 26.4. The van der Waals surface area contributed by atoms with Gasteiger partial charge in [0.2, 0.25) is 41.4 Å². The first-order chi connectivity index (χ1) is 37.6. The molecule has 4 aliphatic rings. The number of fused-ring (bicyclic) bond motifs is 5. The van der Waals surface area contributed by atoms with Crippen LogP contribution in [0.3, 0.4) is 0 Å². The number of primary amides is 1. The second-order valence-corrected chi connectivity index (χ2v) is 21.0. The number of ether oxygens (including phenoxy) is 1. The number of aliphatic hydroxyl groups excluding tert-OH is 7. The molecule has 3 saturated heterocycles. The summed E-state index contributed by atoms with van der Waals surface area (Å²) in [6.07, 6.45) is -17.9. The summed E-state index contributed by atoms with van der Waals surface area (Å²) in [7, 11) is -5.58. The molecular weight excluding hydrogens is 1100 g/mol. The molecule has 29 nitrogen and oxygen atoms in total. The van der Waals surface area contributed by atoms with Gasteiger partial charge in [-0.25, -0.2) is 13.2 Å². The van der Waals surface area contributed by atoms with Crippen LogP contribution in [0.25, 0.3) is 11.1 Å². The molecule has 0 saturated carbocycles. The Kier molecular flexibility index (Phi) is 20.9. The molecule has 1 aliphatic carbocycles. The van der Waals surface area contributed by atoms with E-state index < -0.39 is 205 Å². The molecule has 5 unspecified atom stereocenters. The van der Waals surface area contributed by atoms with Crippen LogP contribution in [0, 0.1) is 5.92 Å². The van der Waals surface area contributed by atoms with Crippen molar-refractivity contribution < 1.29 is 131 Å². The molecule has 81 heavy (non-hydrogen) atoms. The number of β-amino-alcohol motifs (C(OH)–C–C–N with tert-alkyl or cyclic N) is 1. The van der Waals surface area contributed by atoms with Crippen molar-refractivity contribution in [3.63, 3.8) is 0 Å². The molecule has 0 radical (unpaired) electrons. The fraction of sp³-hybridized carbons (Fsp3) is 0.480. The molecule has 0 bridgehead atoms. The van der Waals surface area contributed by atoms with Crippen molar-refractivity contribution in [1.29, 1.82) is 0 Å². The number of nitrogens with two attached hydrogens (primary N) is 1. The monoisotopic (exact) mass is 1160 g/mol. The topological polar surface area (TPSA) is 467 Å². The molecule has 3 aromatic rings. The van der Waals surface area contributed by atoms with Crippen LogP contribution in [0.1, 0.15) is 61.8 Å². The first-order valence-electron chi connectivity index (χ1n) is 25.1. The number of hydrogen-bond donors (Lipinski definition) is 14. The predicted octanol–water partition coefficient (Wildman–Crippen LogP) is -8.34. The Morgan fingerprint density at radius 2 is 1.38 bits per heavy atom. The number of benzene rings is 3. The van der Waals surface area contributed by atoms with E-state index in [-0.39, 0.29) is 36.2 Å². The van der Waals surface area contributed by atoms with Crippen LogP contribution in [0.2, 0.25) is 0 Å². The molecule has 3 heterocycles. The van der Waals surface area contributed by atoms with E-state index >= 15 is 0 Å². The number of phenolic OH excluding ortho intramolecular Hbond substituents is 1. The third-order valence-corrected chi connectivity index (χ3v) is 14.7. The van der Waals surface area contributed by atoms with Crippen molar-refractivity contribution in [3.05, 3.63) is 83.4 Å². The van der Waals surface area contributed by atoms with E-state index in [1.165, 1.54) is 6.92 Å². The Balaban J connectivity index is 0.0000106. The molecule has 14 atom stereocenters. The molecule has 15 N–H and O–H groups in total. The minimum atomic E-state index is -5.58. The maximum Gasteiger partial charge on any atom is 1.00 e. The molecule has 3 aromatic carbocycles. The van der Waals surface area contributed by atoms with Crippen LogP contribution in [0.4, 0.5) is 4.79 Å². The van der Waals surface area contributed by atoms with Crippen molar-refractivity contribution in [3.8, 4) is 22.6 Å². The number of aromatic hydroxyl groups is 1. The summed E-state index contributed by atoms with van der Waals surface area (Å²) in [5.74, 6) is -12.8. The summed E-state index contributed by atoms with van der Waals surface area (Å²) >= 11 is 0. The smallest absolute Gasteiger partial charge is 0.716 e. The number of nitrogens with one attached hydrogen (secondary N) is 5. The number of rotatable bonds is 12. The van der Waals surface area contributed by atoms with Crippen molar-refractivity contribution >= 4 is 57.8 Å². The molecule has 0 spiro atoms. The third-order valence-electron chi connectivity index (χ3n) is 14.3. The Morgan fingerprint density at radius 1 is 0.790 bits per heavy atom. The van der Waals surface area contributed by atoms with Crippen LogP contribution < -0.4 is 66.1 Å². The number of carbonyl (C=O) groups excluding carboxylic acids is 8. The summed E-state index contributed by atoms with van der Waals surface area (Å²) in [6.45, 7) is 0.288. The molecule has 0 aromatic heterocycles. The van der Waals surface area contributed by atoms with E-state index in [4.69, 9.17) is 10.5 Å². The van der Waals surface area contributed by atoms with Crippen molar-refractivity contribution in [2.75, 3.05) is 26.2 Å². The zero-order chi connectivity index (χ0) is 58.7. The number of nitrogens with zero attached hydrogens (tertiary/aromatic N) is 2. The second kappa shape index (κ2) is 26.6. The van der Waals surface area contributed by atoms with Gasteiger partial charge < -0.3 is 96.4 Å². The quantitative estimate of drug-likeness (QED) is 0.0455.